The lowest BCUT2D eigenvalue weighted by molar-refractivity contribution is -0.164. The van der Waals surface area contributed by atoms with Crippen LogP contribution in [0.2, 0.25) is 0 Å². The molecule has 9 nitrogen and oxygen atoms in total. The number of carbonyl (C=O) groups excluding carboxylic acids is 1. The molecule has 2 aromatic heterocycles. The number of piperidine rings is 1. The number of pyridine rings is 1. The number of carbonyl (C=O) groups is 1. The molecule has 0 N–H and O–H groups in total. The number of rotatable bonds is 3. The van der Waals surface area contributed by atoms with Gasteiger partial charge in [0.15, 0.2) is 6.10 Å². The highest BCUT2D eigenvalue weighted by Crippen LogP contribution is 2.42. The highest BCUT2D eigenvalue weighted by molar-refractivity contribution is 5.88. The van der Waals surface area contributed by atoms with Crippen molar-refractivity contribution in [1.82, 2.24) is 9.61 Å². The Morgan fingerprint density at radius 3 is 2.57 bits per heavy atom. The second-order valence-corrected chi connectivity index (χ2v) is 13.7. The van der Waals surface area contributed by atoms with Crippen molar-refractivity contribution in [2.45, 2.75) is 77.8 Å². The Hall–Kier alpha value is -4.81. The zero-order valence-electron chi connectivity index (χ0n) is 28.2. The number of benzene rings is 2. The van der Waals surface area contributed by atoms with Gasteiger partial charge in [-0.1, -0.05) is 18.2 Å². The molecule has 244 valence electrons. The SMILES string of the molecule is COC(=O)[C@@H](OC(C)(C)C)c1c(C)cn2nc3cc2c1N1CCC(C)(CC1)O/C=C/[C@H](C)Oc1ccc(C#N)cc1-c1cccc-3c1. The normalized spacial score (nSPS) is 20.7. The van der Waals surface area contributed by atoms with Gasteiger partial charge in [-0.25, -0.2) is 9.31 Å². The topological polar surface area (TPSA) is 98.3 Å². The number of aromatic nitrogens is 2. The molecule has 5 heterocycles. The van der Waals surface area contributed by atoms with Crippen LogP contribution in [0, 0.1) is 18.3 Å². The number of fused-ring (bicyclic) bond motifs is 5. The minimum Gasteiger partial charge on any atom is -0.495 e. The minimum atomic E-state index is -0.931. The van der Waals surface area contributed by atoms with Crippen molar-refractivity contribution in [1.29, 1.82) is 5.26 Å². The van der Waals surface area contributed by atoms with Gasteiger partial charge in [0.05, 0.1) is 47.5 Å². The number of anilines is 1. The van der Waals surface area contributed by atoms with Crippen molar-refractivity contribution in [3.05, 3.63) is 83.8 Å². The van der Waals surface area contributed by atoms with E-state index in [4.69, 9.17) is 24.0 Å². The maximum Gasteiger partial charge on any atom is 0.339 e. The van der Waals surface area contributed by atoms with Gasteiger partial charge in [0, 0.05) is 48.8 Å². The van der Waals surface area contributed by atoms with Crippen LogP contribution in [0.5, 0.6) is 5.75 Å². The standard InChI is InChI=1S/C38H42N4O5/c1-24-23-42-31-21-30(40-42)28-10-8-9-27(20-28)29-19-26(22-39)11-12-32(29)46-25(2)13-18-45-38(6)14-16-41(17-15-38)34(31)33(24)35(36(43)44-7)47-37(3,4)5/h8-13,18-21,23,25,35H,14-17H2,1-7H3/b18-13+/t25-,35-/m0/s1. The summed E-state index contributed by atoms with van der Waals surface area (Å²) in [6.45, 7) is 13.3. The number of hydrogen-bond donors (Lipinski definition) is 0. The van der Waals surface area contributed by atoms with Crippen LogP contribution in [-0.4, -0.2) is 53.1 Å². The fourth-order valence-electron chi connectivity index (χ4n) is 6.39. The molecule has 0 unspecified atom stereocenters. The third kappa shape index (κ3) is 6.56. The lowest BCUT2D eigenvalue weighted by atomic mass is 9.91. The highest BCUT2D eigenvalue weighted by atomic mass is 16.6. The molecule has 7 rings (SSSR count). The van der Waals surface area contributed by atoms with E-state index in [0.717, 1.165) is 57.6 Å². The summed E-state index contributed by atoms with van der Waals surface area (Å²) in [5.74, 6) is 0.224. The summed E-state index contributed by atoms with van der Waals surface area (Å²) in [5, 5.41) is 14.7. The van der Waals surface area contributed by atoms with Crippen LogP contribution in [0.1, 0.15) is 70.3 Å². The van der Waals surface area contributed by atoms with Crippen molar-refractivity contribution in [3.8, 4) is 34.2 Å². The Morgan fingerprint density at radius 1 is 1.13 bits per heavy atom. The van der Waals surface area contributed by atoms with Crippen molar-refractivity contribution in [3.63, 3.8) is 0 Å². The Kier molecular flexibility index (Phi) is 8.49. The first kappa shape index (κ1) is 32.1. The second kappa shape index (κ2) is 12.4. The molecule has 0 aliphatic carbocycles. The first-order valence-corrected chi connectivity index (χ1v) is 16.1. The summed E-state index contributed by atoms with van der Waals surface area (Å²) in [7, 11) is 1.40. The molecule has 2 aromatic carbocycles. The van der Waals surface area contributed by atoms with E-state index in [1.807, 2.05) is 81.7 Å². The number of ether oxygens (including phenoxy) is 4. The van der Waals surface area contributed by atoms with Gasteiger partial charge in [-0.2, -0.15) is 10.4 Å². The number of nitrogens with zero attached hydrogens (tertiary/aromatic N) is 4. The monoisotopic (exact) mass is 634 g/mol. The summed E-state index contributed by atoms with van der Waals surface area (Å²) < 4.78 is 26.4. The Bertz CT molecular complexity index is 1890. The number of esters is 1. The van der Waals surface area contributed by atoms with Crippen LogP contribution in [0.3, 0.4) is 0 Å². The fraction of sp³-hybridized carbons (Fsp3) is 0.395. The Labute approximate surface area is 276 Å². The van der Waals surface area contributed by atoms with Gasteiger partial charge in [0.2, 0.25) is 0 Å². The molecule has 3 aliphatic heterocycles. The Morgan fingerprint density at radius 2 is 1.87 bits per heavy atom. The van der Waals surface area contributed by atoms with Crippen LogP contribution >= 0.6 is 0 Å². The van der Waals surface area contributed by atoms with Crippen molar-refractivity contribution >= 4 is 17.2 Å². The highest BCUT2D eigenvalue weighted by Gasteiger charge is 2.37. The fourth-order valence-corrected chi connectivity index (χ4v) is 6.39. The van der Waals surface area contributed by atoms with E-state index < -0.39 is 17.7 Å². The molecule has 0 radical (unpaired) electrons. The maximum atomic E-state index is 13.4. The smallest absolute Gasteiger partial charge is 0.339 e. The van der Waals surface area contributed by atoms with E-state index in [2.05, 4.69) is 30.0 Å². The molecule has 1 fully saturated rings. The molecule has 6 bridgehead atoms. The minimum absolute atomic E-state index is 0.274. The van der Waals surface area contributed by atoms with Crippen LogP contribution in [0.4, 0.5) is 5.69 Å². The van der Waals surface area contributed by atoms with E-state index in [9.17, 15) is 10.1 Å². The summed E-state index contributed by atoms with van der Waals surface area (Å²) in [6.07, 6.45) is 5.94. The van der Waals surface area contributed by atoms with E-state index in [-0.39, 0.29) is 11.7 Å². The summed E-state index contributed by atoms with van der Waals surface area (Å²) >= 11 is 0. The van der Waals surface area contributed by atoms with Crippen LogP contribution in [-0.2, 0) is 19.0 Å². The molecule has 4 aromatic rings. The third-order valence-electron chi connectivity index (χ3n) is 8.85. The second-order valence-electron chi connectivity index (χ2n) is 13.7. The van der Waals surface area contributed by atoms with Gasteiger partial charge in [0.25, 0.3) is 0 Å². The molecule has 47 heavy (non-hydrogen) atoms. The number of nitriles is 1. The van der Waals surface area contributed by atoms with E-state index >= 15 is 0 Å². The molecule has 2 atom stereocenters. The zero-order valence-corrected chi connectivity index (χ0v) is 28.2. The number of aryl methyl sites for hydroxylation is 1. The molecule has 0 amide bonds. The Balaban J connectivity index is 1.59. The van der Waals surface area contributed by atoms with Gasteiger partial charge in [-0.3, -0.25) is 0 Å². The number of hydrogen-bond acceptors (Lipinski definition) is 8. The quantitative estimate of drug-likeness (QED) is 0.213. The van der Waals surface area contributed by atoms with Gasteiger partial charge in [0.1, 0.15) is 17.5 Å². The van der Waals surface area contributed by atoms with Crippen molar-refractivity contribution in [2.24, 2.45) is 0 Å². The first-order chi connectivity index (χ1) is 22.4. The predicted octanol–water partition coefficient (Wildman–Crippen LogP) is 7.55. The van der Waals surface area contributed by atoms with E-state index in [0.29, 0.717) is 24.4 Å². The first-order valence-electron chi connectivity index (χ1n) is 16.1. The lowest BCUT2D eigenvalue weighted by Gasteiger charge is -2.41. The summed E-state index contributed by atoms with van der Waals surface area (Å²) in [6, 6.07) is 17.9. The zero-order chi connectivity index (χ0) is 33.5. The molecular weight excluding hydrogens is 592 g/mol. The molecule has 0 spiro atoms. The third-order valence-corrected chi connectivity index (χ3v) is 8.85. The number of methoxy groups -OCH3 is 1. The van der Waals surface area contributed by atoms with Crippen LogP contribution in [0.15, 0.2) is 67.1 Å². The van der Waals surface area contributed by atoms with Crippen LogP contribution in [0.25, 0.3) is 27.9 Å². The molecule has 0 saturated carbocycles. The lowest BCUT2D eigenvalue weighted by Crippen LogP contribution is -2.44. The average molecular weight is 635 g/mol. The molecular formula is C38H42N4O5. The molecule has 1 saturated heterocycles. The van der Waals surface area contributed by atoms with Crippen molar-refractivity contribution < 1.29 is 23.7 Å². The van der Waals surface area contributed by atoms with Gasteiger partial charge in [-0.05, 0) is 89.1 Å². The van der Waals surface area contributed by atoms with Crippen molar-refractivity contribution in [2.75, 3.05) is 25.1 Å². The van der Waals surface area contributed by atoms with Crippen LogP contribution < -0.4 is 9.64 Å². The summed E-state index contributed by atoms with van der Waals surface area (Å²) in [4.78, 5) is 15.7. The van der Waals surface area contributed by atoms with E-state index in [1.165, 1.54) is 7.11 Å². The molecule has 9 heteroatoms. The average Bonchev–Trinajstić information content (AvgIpc) is 3.46. The summed E-state index contributed by atoms with van der Waals surface area (Å²) in [5.41, 5.74) is 6.38. The van der Waals surface area contributed by atoms with Gasteiger partial charge in [-0.15, -0.1) is 0 Å². The van der Waals surface area contributed by atoms with Gasteiger partial charge < -0.3 is 23.8 Å². The maximum absolute atomic E-state index is 13.4. The largest absolute Gasteiger partial charge is 0.495 e. The molecule has 3 aliphatic rings. The van der Waals surface area contributed by atoms with Gasteiger partial charge >= 0.3 is 5.97 Å². The van der Waals surface area contributed by atoms with E-state index in [1.54, 1.807) is 12.3 Å². The predicted molar refractivity (Wildman–Crippen MR) is 181 cm³/mol.